The van der Waals surface area contributed by atoms with Crippen molar-refractivity contribution in [2.45, 2.75) is 32.7 Å². The summed E-state index contributed by atoms with van der Waals surface area (Å²) in [5, 5.41) is 12.0. The Labute approximate surface area is 148 Å². The molecule has 0 atom stereocenters. The van der Waals surface area contributed by atoms with Crippen LogP contribution in [-0.4, -0.2) is 6.03 Å². The maximum absolute atomic E-state index is 12.5. The highest BCUT2D eigenvalue weighted by molar-refractivity contribution is 7.82. The Kier molecular flexibility index (Phi) is 5.53. The molecule has 24 heavy (non-hydrogen) atoms. The van der Waals surface area contributed by atoms with Crippen molar-refractivity contribution < 1.29 is 4.79 Å². The van der Waals surface area contributed by atoms with Gasteiger partial charge in [0.25, 0.3) is 0 Å². The SMILES string of the molecule is CC(C)(C)c1ccc(C#N)cc1N(S)C(=O)NCc1ccccc1. The Hall–Kier alpha value is -2.45. The van der Waals surface area contributed by atoms with Gasteiger partial charge in [0.2, 0.25) is 0 Å². The van der Waals surface area contributed by atoms with Crippen molar-refractivity contribution in [1.29, 1.82) is 5.26 Å². The number of hydrogen-bond acceptors (Lipinski definition) is 3. The highest BCUT2D eigenvalue weighted by Gasteiger charge is 2.23. The quantitative estimate of drug-likeness (QED) is 0.814. The van der Waals surface area contributed by atoms with Crippen molar-refractivity contribution in [3.8, 4) is 6.07 Å². The molecule has 0 aliphatic rings. The van der Waals surface area contributed by atoms with Gasteiger partial charge in [-0.05, 0) is 28.7 Å². The van der Waals surface area contributed by atoms with Gasteiger partial charge in [-0.3, -0.25) is 0 Å². The van der Waals surface area contributed by atoms with Crippen LogP contribution in [0.2, 0.25) is 0 Å². The van der Waals surface area contributed by atoms with Crippen LogP contribution in [-0.2, 0) is 12.0 Å². The Morgan fingerprint density at radius 3 is 2.46 bits per heavy atom. The minimum Gasteiger partial charge on any atom is -0.333 e. The fraction of sp³-hybridized carbons (Fsp3) is 0.263. The minimum atomic E-state index is -0.331. The van der Waals surface area contributed by atoms with E-state index in [1.165, 1.54) is 4.31 Å². The Morgan fingerprint density at radius 2 is 1.88 bits per heavy atom. The van der Waals surface area contributed by atoms with E-state index in [1.54, 1.807) is 12.1 Å². The molecular weight excluding hydrogens is 318 g/mol. The van der Waals surface area contributed by atoms with E-state index >= 15 is 0 Å². The number of amides is 2. The molecule has 0 fully saturated rings. The van der Waals surface area contributed by atoms with Crippen molar-refractivity contribution >= 4 is 24.5 Å². The number of anilines is 1. The molecule has 0 aliphatic heterocycles. The normalized spacial score (nSPS) is 10.8. The lowest BCUT2D eigenvalue weighted by molar-refractivity contribution is 0.249. The minimum absolute atomic E-state index is 0.177. The second kappa shape index (κ2) is 7.41. The van der Waals surface area contributed by atoms with Gasteiger partial charge in [-0.1, -0.05) is 70.0 Å². The first-order chi connectivity index (χ1) is 11.3. The lowest BCUT2D eigenvalue weighted by atomic mass is 9.85. The highest BCUT2D eigenvalue weighted by Crippen LogP contribution is 2.33. The third-order valence-electron chi connectivity index (χ3n) is 3.64. The largest absolute Gasteiger partial charge is 0.333 e. The maximum Gasteiger partial charge on any atom is 0.332 e. The van der Waals surface area contributed by atoms with Crippen LogP contribution < -0.4 is 9.62 Å². The summed E-state index contributed by atoms with van der Waals surface area (Å²) in [6, 6.07) is 16.8. The summed E-state index contributed by atoms with van der Waals surface area (Å²) < 4.78 is 1.27. The summed E-state index contributed by atoms with van der Waals surface area (Å²) in [6.07, 6.45) is 0. The maximum atomic E-state index is 12.5. The first kappa shape index (κ1) is 17.9. The molecule has 5 heteroatoms. The molecule has 2 aromatic rings. The zero-order chi connectivity index (χ0) is 17.7. The molecule has 2 amide bonds. The molecule has 0 heterocycles. The Morgan fingerprint density at radius 1 is 1.21 bits per heavy atom. The van der Waals surface area contributed by atoms with Crippen molar-refractivity contribution in [2.24, 2.45) is 0 Å². The molecule has 0 radical (unpaired) electrons. The third kappa shape index (κ3) is 4.30. The van der Waals surface area contributed by atoms with E-state index in [-0.39, 0.29) is 11.4 Å². The molecule has 4 nitrogen and oxygen atoms in total. The van der Waals surface area contributed by atoms with Gasteiger partial charge in [-0.25, -0.2) is 9.10 Å². The number of rotatable bonds is 3. The highest BCUT2D eigenvalue weighted by atomic mass is 32.1. The van der Waals surface area contributed by atoms with E-state index in [9.17, 15) is 4.79 Å². The topological polar surface area (TPSA) is 56.1 Å². The van der Waals surface area contributed by atoms with Crippen molar-refractivity contribution in [3.05, 3.63) is 65.2 Å². The third-order valence-corrected chi connectivity index (χ3v) is 4.04. The van der Waals surface area contributed by atoms with Crippen molar-refractivity contribution in [3.63, 3.8) is 0 Å². The summed E-state index contributed by atoms with van der Waals surface area (Å²) in [6.45, 7) is 6.59. The molecule has 124 valence electrons. The molecule has 0 bridgehead atoms. The average Bonchev–Trinajstić information content (AvgIpc) is 2.58. The number of carbonyl (C=O) groups excluding carboxylic acids is 1. The van der Waals surface area contributed by atoms with Gasteiger partial charge in [0, 0.05) is 6.54 Å². The van der Waals surface area contributed by atoms with Crippen LogP contribution in [0.25, 0.3) is 0 Å². The molecule has 2 rings (SSSR count). The predicted octanol–water partition coefficient (Wildman–Crippen LogP) is 4.42. The predicted molar refractivity (Wildman–Crippen MR) is 100.0 cm³/mol. The van der Waals surface area contributed by atoms with Crippen LogP contribution in [0.1, 0.15) is 37.5 Å². The van der Waals surface area contributed by atoms with Gasteiger partial charge < -0.3 is 5.32 Å². The monoisotopic (exact) mass is 339 g/mol. The summed E-state index contributed by atoms with van der Waals surface area (Å²) in [4.78, 5) is 12.5. The smallest absolute Gasteiger partial charge is 0.332 e. The molecule has 2 aromatic carbocycles. The molecule has 0 unspecified atom stereocenters. The van der Waals surface area contributed by atoms with Crippen molar-refractivity contribution in [1.82, 2.24) is 5.32 Å². The van der Waals surface area contributed by atoms with Crippen LogP contribution in [0.4, 0.5) is 10.5 Å². The van der Waals surface area contributed by atoms with Crippen LogP contribution in [0.3, 0.4) is 0 Å². The standard InChI is InChI=1S/C19H21N3OS/c1-19(2,3)16-10-9-15(12-20)11-17(16)22(24)18(23)21-13-14-7-5-4-6-8-14/h4-11,24H,13H2,1-3H3,(H,21,23). The number of thiol groups is 1. The molecule has 0 spiro atoms. The summed E-state index contributed by atoms with van der Waals surface area (Å²) in [7, 11) is 0. The zero-order valence-electron chi connectivity index (χ0n) is 14.1. The van der Waals surface area contributed by atoms with E-state index in [0.29, 0.717) is 17.8 Å². The number of urea groups is 1. The number of nitrogens with one attached hydrogen (secondary N) is 1. The summed E-state index contributed by atoms with van der Waals surface area (Å²) >= 11 is 4.36. The van der Waals surface area contributed by atoms with Crippen molar-refractivity contribution in [2.75, 3.05) is 4.31 Å². The lowest BCUT2D eigenvalue weighted by Gasteiger charge is -2.27. The first-order valence-electron chi connectivity index (χ1n) is 7.68. The summed E-state index contributed by atoms with van der Waals surface area (Å²) in [5.74, 6) is 0. The molecule has 1 N–H and O–H groups in total. The number of benzene rings is 2. The molecule has 0 saturated heterocycles. The van der Waals surface area contributed by atoms with Gasteiger partial charge in [0.15, 0.2) is 0 Å². The number of nitrogens with zero attached hydrogens (tertiary/aromatic N) is 2. The Bertz CT molecular complexity index is 760. The fourth-order valence-corrected chi connectivity index (χ4v) is 2.60. The lowest BCUT2D eigenvalue weighted by Crippen LogP contribution is -2.35. The van der Waals surface area contributed by atoms with E-state index in [0.717, 1.165) is 11.1 Å². The van der Waals surface area contributed by atoms with E-state index < -0.39 is 0 Å². The van der Waals surface area contributed by atoms with Gasteiger partial charge in [0.05, 0.1) is 17.3 Å². The second-order valence-electron chi connectivity index (χ2n) is 6.55. The van der Waals surface area contributed by atoms with Gasteiger partial charge in [-0.15, -0.1) is 0 Å². The average molecular weight is 339 g/mol. The second-order valence-corrected chi connectivity index (χ2v) is 6.95. The number of hydrogen-bond donors (Lipinski definition) is 2. The molecular formula is C19H21N3OS. The van der Waals surface area contributed by atoms with E-state index in [2.05, 4.69) is 45.0 Å². The van der Waals surface area contributed by atoms with Gasteiger partial charge in [0.1, 0.15) is 0 Å². The van der Waals surface area contributed by atoms with E-state index in [1.807, 2.05) is 36.4 Å². The molecule has 0 saturated carbocycles. The van der Waals surface area contributed by atoms with Crippen LogP contribution in [0.5, 0.6) is 0 Å². The van der Waals surface area contributed by atoms with Gasteiger partial charge >= 0.3 is 6.03 Å². The van der Waals surface area contributed by atoms with Crippen LogP contribution in [0, 0.1) is 11.3 Å². The number of nitriles is 1. The summed E-state index contributed by atoms with van der Waals surface area (Å²) in [5.41, 5.74) is 2.90. The van der Waals surface area contributed by atoms with Gasteiger partial charge in [-0.2, -0.15) is 5.26 Å². The Balaban J connectivity index is 2.23. The van der Waals surface area contributed by atoms with Crippen LogP contribution in [0.15, 0.2) is 48.5 Å². The van der Waals surface area contributed by atoms with E-state index in [4.69, 9.17) is 5.26 Å². The molecule has 0 aromatic heterocycles. The first-order valence-corrected chi connectivity index (χ1v) is 8.08. The van der Waals surface area contributed by atoms with Crippen LogP contribution >= 0.6 is 12.8 Å². The zero-order valence-corrected chi connectivity index (χ0v) is 15.0. The fourth-order valence-electron chi connectivity index (χ4n) is 2.37. The number of carbonyl (C=O) groups is 1. The molecule has 0 aliphatic carbocycles.